The van der Waals surface area contributed by atoms with Gasteiger partial charge in [-0.1, -0.05) is 30.3 Å². The summed E-state index contributed by atoms with van der Waals surface area (Å²) in [5.41, 5.74) is 2.80. The van der Waals surface area contributed by atoms with E-state index in [9.17, 15) is 9.59 Å². The Morgan fingerprint density at radius 1 is 1.25 bits per heavy atom. The van der Waals surface area contributed by atoms with Crippen LogP contribution in [0.15, 0.2) is 53.1 Å². The fraction of sp³-hybridized carbons (Fsp3) is 0.222. The average molecular weight is 326 g/mol. The molecule has 3 aromatic rings. The number of nitrogens with one attached hydrogen (secondary N) is 1. The van der Waals surface area contributed by atoms with E-state index >= 15 is 0 Å². The molecule has 124 valence electrons. The predicted octanol–water partition coefficient (Wildman–Crippen LogP) is 2.29. The molecule has 0 aliphatic heterocycles. The zero-order chi connectivity index (χ0) is 17.1. The molecular weight excluding hydrogens is 308 g/mol. The number of ether oxygens (including phenoxy) is 1. The van der Waals surface area contributed by atoms with Gasteiger partial charge in [0.15, 0.2) is 5.58 Å². The lowest BCUT2D eigenvalue weighted by atomic mass is 10.1. The van der Waals surface area contributed by atoms with E-state index in [2.05, 4.69) is 5.32 Å². The summed E-state index contributed by atoms with van der Waals surface area (Å²) in [6.07, 6.45) is 1.93. The van der Waals surface area contributed by atoms with E-state index in [1.165, 1.54) is 7.11 Å². The first-order chi connectivity index (χ1) is 11.6. The van der Waals surface area contributed by atoms with Gasteiger partial charge in [0.1, 0.15) is 11.7 Å². The van der Waals surface area contributed by atoms with Gasteiger partial charge in [-0.3, -0.25) is 4.79 Å². The topological polar surface area (TPSA) is 73.5 Å². The van der Waals surface area contributed by atoms with Gasteiger partial charge in [-0.25, -0.2) is 4.79 Å². The smallest absolute Gasteiger partial charge is 0.328 e. The van der Waals surface area contributed by atoms with E-state index in [0.29, 0.717) is 17.7 Å². The van der Waals surface area contributed by atoms with E-state index in [4.69, 9.17) is 9.15 Å². The van der Waals surface area contributed by atoms with Gasteiger partial charge in [0.2, 0.25) is 0 Å². The van der Waals surface area contributed by atoms with E-state index in [0.717, 1.165) is 11.1 Å². The summed E-state index contributed by atoms with van der Waals surface area (Å²) in [7, 11) is 3.08. The molecule has 2 heterocycles. The van der Waals surface area contributed by atoms with Crippen LogP contribution in [0.2, 0.25) is 0 Å². The number of carbonyl (C=O) groups is 2. The first-order valence-electron chi connectivity index (χ1n) is 7.55. The van der Waals surface area contributed by atoms with E-state index in [1.807, 2.05) is 30.3 Å². The normalized spacial score (nSPS) is 12.1. The Morgan fingerprint density at radius 2 is 2.00 bits per heavy atom. The van der Waals surface area contributed by atoms with Crippen molar-refractivity contribution < 1.29 is 18.7 Å². The SMILES string of the molecule is COC(=O)C(Cc1ccccc1)NC(=O)c1cc2occc2n1C. The first-order valence-corrected chi connectivity index (χ1v) is 7.55. The molecule has 6 nitrogen and oxygen atoms in total. The molecule has 3 rings (SSSR count). The highest BCUT2D eigenvalue weighted by atomic mass is 16.5. The number of amides is 1. The van der Waals surface area contributed by atoms with Crippen LogP contribution in [0.5, 0.6) is 0 Å². The van der Waals surface area contributed by atoms with Crippen LogP contribution < -0.4 is 5.32 Å². The van der Waals surface area contributed by atoms with E-state index < -0.39 is 12.0 Å². The van der Waals surface area contributed by atoms with Crippen LogP contribution in [0.4, 0.5) is 0 Å². The highest BCUT2D eigenvalue weighted by Gasteiger charge is 2.24. The number of aromatic nitrogens is 1. The van der Waals surface area contributed by atoms with E-state index in [-0.39, 0.29) is 5.91 Å². The van der Waals surface area contributed by atoms with Crippen LogP contribution >= 0.6 is 0 Å². The quantitative estimate of drug-likeness (QED) is 0.730. The van der Waals surface area contributed by atoms with Crippen molar-refractivity contribution in [2.75, 3.05) is 7.11 Å². The maximum Gasteiger partial charge on any atom is 0.328 e. The average Bonchev–Trinajstić information content (AvgIpc) is 3.17. The summed E-state index contributed by atoms with van der Waals surface area (Å²) in [5, 5.41) is 2.75. The van der Waals surface area contributed by atoms with E-state index in [1.54, 1.807) is 30.0 Å². The molecule has 0 saturated carbocycles. The third-order valence-electron chi connectivity index (χ3n) is 3.97. The van der Waals surface area contributed by atoms with Gasteiger partial charge in [-0.2, -0.15) is 0 Å². The Labute approximate surface area is 139 Å². The fourth-order valence-corrected chi connectivity index (χ4v) is 2.69. The highest BCUT2D eigenvalue weighted by Crippen LogP contribution is 2.19. The summed E-state index contributed by atoms with van der Waals surface area (Å²) in [4.78, 5) is 24.6. The molecule has 0 fully saturated rings. The number of aryl methyl sites for hydroxylation is 1. The second-order valence-corrected chi connectivity index (χ2v) is 5.50. The molecular formula is C18H18N2O4. The molecule has 1 atom stereocenters. The number of benzene rings is 1. The third-order valence-corrected chi connectivity index (χ3v) is 3.97. The standard InChI is InChI=1S/C18H18N2O4/c1-20-14-8-9-24-16(14)11-15(20)17(21)19-13(18(22)23-2)10-12-6-4-3-5-7-12/h3-9,11,13H,10H2,1-2H3,(H,19,21). The van der Waals surface area contributed by atoms with Gasteiger partial charge >= 0.3 is 5.97 Å². The van der Waals surface area contributed by atoms with Crippen molar-refractivity contribution in [2.24, 2.45) is 7.05 Å². The summed E-state index contributed by atoms with van der Waals surface area (Å²) < 4.78 is 11.9. The van der Waals surface area contributed by atoms with Crippen molar-refractivity contribution in [3.8, 4) is 0 Å². The molecule has 0 aliphatic carbocycles. The molecule has 0 bridgehead atoms. The minimum absolute atomic E-state index is 0.352. The van der Waals surface area contributed by atoms with Crippen LogP contribution in [0, 0.1) is 0 Å². The van der Waals surface area contributed by atoms with Gasteiger partial charge in [-0.05, 0) is 5.56 Å². The number of fused-ring (bicyclic) bond motifs is 1. The van der Waals surface area contributed by atoms with Gasteiger partial charge in [0.25, 0.3) is 5.91 Å². The molecule has 1 amide bonds. The molecule has 1 aromatic carbocycles. The summed E-state index contributed by atoms with van der Waals surface area (Å²) in [6, 6.07) is 12.2. The van der Waals surface area contributed by atoms with Gasteiger partial charge in [0, 0.05) is 25.6 Å². The maximum atomic E-state index is 12.6. The van der Waals surface area contributed by atoms with Crippen molar-refractivity contribution >= 4 is 23.0 Å². The number of nitrogens with zero attached hydrogens (tertiary/aromatic N) is 1. The molecule has 2 aromatic heterocycles. The largest absolute Gasteiger partial charge is 0.467 e. The van der Waals surface area contributed by atoms with Crippen LogP contribution in [0.25, 0.3) is 11.1 Å². The lowest BCUT2D eigenvalue weighted by Gasteiger charge is -2.17. The number of hydrogen-bond acceptors (Lipinski definition) is 4. The Morgan fingerprint density at radius 3 is 2.67 bits per heavy atom. The van der Waals surface area contributed by atoms with Gasteiger partial charge in [0.05, 0.1) is 18.9 Å². The molecule has 0 radical (unpaired) electrons. The third kappa shape index (κ3) is 3.03. The first kappa shape index (κ1) is 15.9. The van der Waals surface area contributed by atoms with Crippen molar-refractivity contribution in [1.29, 1.82) is 0 Å². The summed E-state index contributed by atoms with van der Waals surface area (Å²) in [6.45, 7) is 0. The van der Waals surface area contributed by atoms with Crippen LogP contribution in [0.1, 0.15) is 16.1 Å². The minimum atomic E-state index is -0.758. The molecule has 0 aliphatic rings. The molecule has 24 heavy (non-hydrogen) atoms. The monoisotopic (exact) mass is 326 g/mol. The highest BCUT2D eigenvalue weighted by molar-refractivity contribution is 5.99. The summed E-state index contributed by atoms with van der Waals surface area (Å²) in [5.74, 6) is -0.833. The summed E-state index contributed by atoms with van der Waals surface area (Å²) >= 11 is 0. The number of carbonyl (C=O) groups excluding carboxylic acids is 2. The predicted molar refractivity (Wildman–Crippen MR) is 88.6 cm³/mol. The number of furan rings is 1. The Kier molecular flexibility index (Phi) is 4.37. The van der Waals surface area contributed by atoms with Crippen molar-refractivity contribution in [3.05, 3.63) is 60.0 Å². The van der Waals surface area contributed by atoms with Crippen LogP contribution in [-0.2, 0) is 23.0 Å². The number of esters is 1. The van der Waals surface area contributed by atoms with Crippen molar-refractivity contribution in [2.45, 2.75) is 12.5 Å². The molecule has 0 spiro atoms. The molecule has 6 heteroatoms. The Hall–Kier alpha value is -3.02. The zero-order valence-corrected chi connectivity index (χ0v) is 13.5. The Balaban J connectivity index is 1.81. The number of hydrogen-bond donors (Lipinski definition) is 1. The molecule has 0 saturated heterocycles. The lowest BCUT2D eigenvalue weighted by molar-refractivity contribution is -0.142. The lowest BCUT2D eigenvalue weighted by Crippen LogP contribution is -2.43. The molecule has 1 N–H and O–H groups in total. The van der Waals surface area contributed by atoms with Crippen LogP contribution in [0.3, 0.4) is 0 Å². The maximum absolute atomic E-state index is 12.6. The zero-order valence-electron chi connectivity index (χ0n) is 13.5. The minimum Gasteiger partial charge on any atom is -0.467 e. The van der Waals surface area contributed by atoms with Crippen LogP contribution in [-0.4, -0.2) is 29.6 Å². The van der Waals surface area contributed by atoms with Crippen molar-refractivity contribution in [1.82, 2.24) is 9.88 Å². The fourth-order valence-electron chi connectivity index (χ4n) is 2.69. The second kappa shape index (κ2) is 6.62. The second-order valence-electron chi connectivity index (χ2n) is 5.50. The van der Waals surface area contributed by atoms with Gasteiger partial charge in [-0.15, -0.1) is 0 Å². The number of rotatable bonds is 5. The van der Waals surface area contributed by atoms with Gasteiger partial charge < -0.3 is 19.0 Å². The molecule has 1 unspecified atom stereocenters. The van der Waals surface area contributed by atoms with Crippen molar-refractivity contribution in [3.63, 3.8) is 0 Å². The number of methoxy groups -OCH3 is 1. The Bertz CT molecular complexity index is 864.